The number of methoxy groups -OCH3 is 1. The SMILES string of the molecule is COCCOCC(O)CN1CC(C)(O)C1. The summed E-state index contributed by atoms with van der Waals surface area (Å²) in [7, 11) is 1.61. The van der Waals surface area contributed by atoms with E-state index in [4.69, 9.17) is 9.47 Å². The Morgan fingerprint density at radius 3 is 2.60 bits per heavy atom. The van der Waals surface area contributed by atoms with E-state index in [-0.39, 0.29) is 0 Å². The van der Waals surface area contributed by atoms with Crippen LogP contribution in [0.1, 0.15) is 6.92 Å². The fraction of sp³-hybridized carbons (Fsp3) is 1.00. The van der Waals surface area contributed by atoms with Crippen molar-refractivity contribution >= 4 is 0 Å². The lowest BCUT2D eigenvalue weighted by Gasteiger charge is -2.44. The second-order valence-electron chi connectivity index (χ2n) is 4.39. The van der Waals surface area contributed by atoms with Crippen LogP contribution in [0.3, 0.4) is 0 Å². The highest BCUT2D eigenvalue weighted by Crippen LogP contribution is 2.19. The van der Waals surface area contributed by atoms with Gasteiger partial charge < -0.3 is 19.7 Å². The van der Waals surface area contributed by atoms with Crippen molar-refractivity contribution < 1.29 is 19.7 Å². The molecule has 0 aromatic rings. The van der Waals surface area contributed by atoms with E-state index < -0.39 is 11.7 Å². The number of rotatable bonds is 7. The maximum atomic E-state index is 9.57. The zero-order chi connectivity index (χ0) is 11.3. The summed E-state index contributed by atoms with van der Waals surface area (Å²) in [5.41, 5.74) is -0.573. The van der Waals surface area contributed by atoms with Crippen LogP contribution in [0, 0.1) is 0 Å². The fourth-order valence-electron chi connectivity index (χ4n) is 1.76. The number of nitrogens with zero attached hydrogens (tertiary/aromatic N) is 1. The van der Waals surface area contributed by atoms with Crippen molar-refractivity contribution in [1.82, 2.24) is 4.90 Å². The summed E-state index contributed by atoms with van der Waals surface area (Å²) in [6.45, 7) is 4.98. The van der Waals surface area contributed by atoms with Crippen molar-refractivity contribution in [3.05, 3.63) is 0 Å². The molecule has 2 N–H and O–H groups in total. The molecule has 1 aliphatic rings. The van der Waals surface area contributed by atoms with Crippen molar-refractivity contribution in [3.8, 4) is 0 Å². The smallest absolute Gasteiger partial charge is 0.0900 e. The van der Waals surface area contributed by atoms with Crippen LogP contribution in [0.4, 0.5) is 0 Å². The van der Waals surface area contributed by atoms with E-state index in [2.05, 4.69) is 0 Å². The molecule has 1 rings (SSSR count). The second kappa shape index (κ2) is 5.77. The van der Waals surface area contributed by atoms with Crippen LogP contribution in [-0.4, -0.2) is 73.4 Å². The van der Waals surface area contributed by atoms with Gasteiger partial charge in [-0.05, 0) is 6.92 Å². The molecule has 1 saturated heterocycles. The van der Waals surface area contributed by atoms with Crippen LogP contribution in [0.15, 0.2) is 0 Å². The van der Waals surface area contributed by atoms with Gasteiger partial charge in [-0.25, -0.2) is 0 Å². The lowest BCUT2D eigenvalue weighted by atomic mass is 9.97. The Bertz CT molecular complexity index is 178. The highest BCUT2D eigenvalue weighted by molar-refractivity contribution is 4.92. The number of likely N-dealkylation sites (tertiary alicyclic amines) is 1. The molecule has 1 atom stereocenters. The average Bonchev–Trinajstić information content (AvgIpc) is 2.09. The van der Waals surface area contributed by atoms with E-state index >= 15 is 0 Å². The van der Waals surface area contributed by atoms with Crippen LogP contribution in [0.25, 0.3) is 0 Å². The van der Waals surface area contributed by atoms with E-state index in [9.17, 15) is 10.2 Å². The molecule has 0 aromatic heterocycles. The van der Waals surface area contributed by atoms with Crippen molar-refractivity contribution in [2.45, 2.75) is 18.6 Å². The molecule has 0 aliphatic carbocycles. The van der Waals surface area contributed by atoms with Gasteiger partial charge in [-0.2, -0.15) is 0 Å². The molecule has 0 saturated carbocycles. The summed E-state index contributed by atoms with van der Waals surface area (Å²) in [6, 6.07) is 0. The van der Waals surface area contributed by atoms with E-state index in [0.29, 0.717) is 39.5 Å². The van der Waals surface area contributed by atoms with Gasteiger partial charge in [-0.15, -0.1) is 0 Å². The van der Waals surface area contributed by atoms with Crippen molar-refractivity contribution in [3.63, 3.8) is 0 Å². The van der Waals surface area contributed by atoms with Crippen LogP contribution < -0.4 is 0 Å². The number of aliphatic hydroxyl groups is 2. The first kappa shape index (κ1) is 12.9. The molecular formula is C10H21NO4. The minimum atomic E-state index is -0.573. The lowest BCUT2D eigenvalue weighted by Crippen LogP contribution is -2.61. The quantitative estimate of drug-likeness (QED) is 0.542. The van der Waals surface area contributed by atoms with E-state index in [1.165, 1.54) is 0 Å². The molecule has 1 heterocycles. The lowest BCUT2D eigenvalue weighted by molar-refractivity contribution is -0.102. The van der Waals surface area contributed by atoms with Crippen molar-refractivity contribution in [1.29, 1.82) is 0 Å². The maximum absolute atomic E-state index is 9.57. The van der Waals surface area contributed by atoms with Crippen LogP contribution >= 0.6 is 0 Å². The van der Waals surface area contributed by atoms with Gasteiger partial charge in [0.25, 0.3) is 0 Å². The molecule has 1 fully saturated rings. The maximum Gasteiger partial charge on any atom is 0.0900 e. The summed E-state index contributed by atoms with van der Waals surface area (Å²) in [5.74, 6) is 0. The molecule has 5 nitrogen and oxygen atoms in total. The third-order valence-corrected chi connectivity index (χ3v) is 2.34. The Morgan fingerprint density at radius 1 is 1.40 bits per heavy atom. The number of ether oxygens (including phenoxy) is 2. The molecule has 5 heteroatoms. The molecule has 0 spiro atoms. The van der Waals surface area contributed by atoms with Crippen LogP contribution in [0.5, 0.6) is 0 Å². The summed E-state index contributed by atoms with van der Waals surface area (Å²) in [5, 5.41) is 19.0. The molecular weight excluding hydrogens is 198 g/mol. The summed E-state index contributed by atoms with van der Waals surface area (Å²) >= 11 is 0. The normalized spacial score (nSPS) is 22.4. The number of β-amino-alcohol motifs (C(OH)–C–C–N with tert-alkyl or cyclic N) is 2. The average molecular weight is 219 g/mol. The summed E-state index contributed by atoms with van der Waals surface area (Å²) < 4.78 is 10.0. The van der Waals surface area contributed by atoms with Gasteiger partial charge in [0, 0.05) is 26.7 Å². The van der Waals surface area contributed by atoms with Gasteiger partial charge in [-0.3, -0.25) is 4.90 Å². The minimum absolute atomic E-state index is 0.321. The third-order valence-electron chi connectivity index (χ3n) is 2.34. The van der Waals surface area contributed by atoms with Gasteiger partial charge in [-0.1, -0.05) is 0 Å². The van der Waals surface area contributed by atoms with Gasteiger partial charge in [0.05, 0.1) is 31.5 Å². The predicted octanol–water partition coefficient (Wildman–Crippen LogP) is -0.923. The zero-order valence-electron chi connectivity index (χ0n) is 9.48. The number of hydrogen-bond acceptors (Lipinski definition) is 5. The molecule has 0 radical (unpaired) electrons. The molecule has 1 unspecified atom stereocenters. The molecule has 15 heavy (non-hydrogen) atoms. The van der Waals surface area contributed by atoms with Gasteiger partial charge in [0.2, 0.25) is 0 Å². The Hall–Kier alpha value is -0.200. The van der Waals surface area contributed by atoms with Crippen LogP contribution in [0.2, 0.25) is 0 Å². The van der Waals surface area contributed by atoms with Crippen molar-refractivity contribution in [2.75, 3.05) is 46.6 Å². The fourth-order valence-corrected chi connectivity index (χ4v) is 1.76. The Balaban J connectivity index is 1.97. The van der Waals surface area contributed by atoms with E-state index in [0.717, 1.165) is 0 Å². The first-order valence-corrected chi connectivity index (χ1v) is 5.23. The first-order valence-electron chi connectivity index (χ1n) is 5.23. The number of hydrogen-bond donors (Lipinski definition) is 2. The topological polar surface area (TPSA) is 62.2 Å². The molecule has 1 aliphatic heterocycles. The molecule has 0 amide bonds. The van der Waals surface area contributed by atoms with E-state index in [1.807, 2.05) is 4.90 Å². The van der Waals surface area contributed by atoms with Gasteiger partial charge in [0.15, 0.2) is 0 Å². The molecule has 0 aromatic carbocycles. The van der Waals surface area contributed by atoms with Crippen LogP contribution in [-0.2, 0) is 9.47 Å². The van der Waals surface area contributed by atoms with Crippen molar-refractivity contribution in [2.24, 2.45) is 0 Å². The standard InChI is InChI=1S/C10H21NO4/c1-10(13)7-11(8-10)5-9(12)6-15-4-3-14-2/h9,12-13H,3-8H2,1-2H3. The molecule has 0 bridgehead atoms. The third kappa shape index (κ3) is 4.90. The Labute approximate surface area is 90.6 Å². The Kier molecular flexibility index (Phi) is 4.95. The van der Waals surface area contributed by atoms with Gasteiger partial charge in [0.1, 0.15) is 0 Å². The predicted molar refractivity (Wildman–Crippen MR) is 55.8 cm³/mol. The minimum Gasteiger partial charge on any atom is -0.389 e. The first-order chi connectivity index (χ1) is 7.03. The number of aliphatic hydroxyl groups excluding tert-OH is 1. The van der Waals surface area contributed by atoms with E-state index in [1.54, 1.807) is 14.0 Å². The second-order valence-corrected chi connectivity index (χ2v) is 4.39. The van der Waals surface area contributed by atoms with Gasteiger partial charge >= 0.3 is 0 Å². The highest BCUT2D eigenvalue weighted by atomic mass is 16.5. The molecule has 90 valence electrons. The summed E-state index contributed by atoms with van der Waals surface area (Å²) in [6.07, 6.45) is -0.488. The summed E-state index contributed by atoms with van der Waals surface area (Å²) in [4.78, 5) is 2.00. The monoisotopic (exact) mass is 219 g/mol. The zero-order valence-corrected chi connectivity index (χ0v) is 9.48. The largest absolute Gasteiger partial charge is 0.389 e. The highest BCUT2D eigenvalue weighted by Gasteiger charge is 2.36. The Morgan fingerprint density at radius 2 is 2.07 bits per heavy atom.